The maximum atomic E-state index is 13.2. The zero-order valence-corrected chi connectivity index (χ0v) is 12.7. The lowest BCUT2D eigenvalue weighted by Crippen LogP contribution is -2.04. The van der Waals surface area contributed by atoms with Gasteiger partial charge < -0.3 is 9.30 Å². The molecule has 0 aliphatic rings. The van der Waals surface area contributed by atoms with Crippen molar-refractivity contribution >= 4 is 22.6 Å². The van der Waals surface area contributed by atoms with Gasteiger partial charge in [-0.05, 0) is 17.7 Å². The van der Waals surface area contributed by atoms with Gasteiger partial charge in [0, 0.05) is 12.7 Å². The molecular formula is C15H11ClF3N3O. The Kier molecular flexibility index (Phi) is 3.89. The van der Waals surface area contributed by atoms with Crippen LogP contribution in [0.25, 0.3) is 11.0 Å². The van der Waals surface area contributed by atoms with Crippen LogP contribution in [0.5, 0.6) is 5.75 Å². The van der Waals surface area contributed by atoms with Crippen molar-refractivity contribution in [2.75, 3.05) is 7.11 Å². The number of halogens is 4. The summed E-state index contributed by atoms with van der Waals surface area (Å²) in [6.07, 6.45) is -2.37. The fraction of sp³-hybridized carbons (Fsp3) is 0.200. The smallest absolute Gasteiger partial charge is 0.418 e. The highest BCUT2D eigenvalue weighted by Crippen LogP contribution is 2.38. The summed E-state index contributed by atoms with van der Waals surface area (Å²) in [5.74, 6) is 0.674. The van der Waals surface area contributed by atoms with Crippen molar-refractivity contribution in [3.63, 3.8) is 0 Å². The van der Waals surface area contributed by atoms with Gasteiger partial charge in [0.2, 0.25) is 0 Å². The van der Waals surface area contributed by atoms with Gasteiger partial charge >= 0.3 is 6.18 Å². The SMILES string of the molecule is COc1ccc(Cn2cc(C(F)(F)F)c3c(Cl)ncnc32)cc1. The van der Waals surface area contributed by atoms with E-state index < -0.39 is 11.7 Å². The molecule has 0 aliphatic heterocycles. The Morgan fingerprint density at radius 2 is 1.87 bits per heavy atom. The second-order valence-electron chi connectivity index (χ2n) is 4.88. The fourth-order valence-electron chi connectivity index (χ4n) is 2.35. The van der Waals surface area contributed by atoms with E-state index in [2.05, 4.69) is 9.97 Å². The molecule has 8 heteroatoms. The zero-order chi connectivity index (χ0) is 16.6. The Bertz CT molecular complexity index is 844. The summed E-state index contributed by atoms with van der Waals surface area (Å²) in [6.45, 7) is 0.226. The topological polar surface area (TPSA) is 39.9 Å². The predicted octanol–water partition coefficient (Wildman–Crippen LogP) is 4.16. The largest absolute Gasteiger partial charge is 0.497 e. The molecule has 3 rings (SSSR count). The number of aromatic nitrogens is 3. The van der Waals surface area contributed by atoms with Gasteiger partial charge in [-0.2, -0.15) is 13.2 Å². The fourth-order valence-corrected chi connectivity index (χ4v) is 2.58. The highest BCUT2D eigenvalue weighted by atomic mass is 35.5. The Hall–Kier alpha value is -2.28. The van der Waals surface area contributed by atoms with Gasteiger partial charge in [0.05, 0.1) is 18.1 Å². The van der Waals surface area contributed by atoms with Crippen LogP contribution in [0.4, 0.5) is 13.2 Å². The summed E-state index contributed by atoms with van der Waals surface area (Å²) in [4.78, 5) is 7.60. The lowest BCUT2D eigenvalue weighted by molar-refractivity contribution is -0.136. The number of rotatable bonds is 3. The Morgan fingerprint density at radius 3 is 2.48 bits per heavy atom. The van der Waals surface area contributed by atoms with Gasteiger partial charge in [-0.25, -0.2) is 9.97 Å². The van der Waals surface area contributed by atoms with E-state index in [1.807, 2.05) is 0 Å². The van der Waals surface area contributed by atoms with Crippen LogP contribution in [0.1, 0.15) is 11.1 Å². The molecule has 0 fully saturated rings. The molecule has 120 valence electrons. The van der Waals surface area contributed by atoms with Crippen LogP contribution in [0, 0.1) is 0 Å². The number of alkyl halides is 3. The van der Waals surface area contributed by atoms with E-state index in [0.29, 0.717) is 5.75 Å². The van der Waals surface area contributed by atoms with Crippen LogP contribution < -0.4 is 4.74 Å². The molecule has 23 heavy (non-hydrogen) atoms. The predicted molar refractivity (Wildman–Crippen MR) is 79.6 cm³/mol. The molecule has 0 saturated carbocycles. The highest BCUT2D eigenvalue weighted by Gasteiger charge is 2.36. The van der Waals surface area contributed by atoms with E-state index in [1.54, 1.807) is 31.4 Å². The van der Waals surface area contributed by atoms with E-state index in [0.717, 1.165) is 18.1 Å². The van der Waals surface area contributed by atoms with Crippen LogP contribution in [-0.2, 0) is 12.7 Å². The van der Waals surface area contributed by atoms with Crippen molar-refractivity contribution in [3.8, 4) is 5.75 Å². The lowest BCUT2D eigenvalue weighted by atomic mass is 10.2. The van der Waals surface area contributed by atoms with Crippen LogP contribution in [0.2, 0.25) is 5.15 Å². The second kappa shape index (κ2) is 5.73. The normalized spacial score (nSPS) is 11.9. The van der Waals surface area contributed by atoms with Crippen molar-refractivity contribution in [1.29, 1.82) is 0 Å². The van der Waals surface area contributed by atoms with E-state index in [4.69, 9.17) is 16.3 Å². The first-order valence-electron chi connectivity index (χ1n) is 6.59. The minimum Gasteiger partial charge on any atom is -0.497 e. The molecule has 0 aliphatic carbocycles. The monoisotopic (exact) mass is 341 g/mol. The Morgan fingerprint density at radius 1 is 1.17 bits per heavy atom. The molecule has 2 heterocycles. The molecule has 0 unspecified atom stereocenters. The average Bonchev–Trinajstić information content (AvgIpc) is 2.88. The molecule has 2 aromatic heterocycles. The van der Waals surface area contributed by atoms with Gasteiger partial charge in [0.1, 0.15) is 22.9 Å². The van der Waals surface area contributed by atoms with E-state index in [9.17, 15) is 13.2 Å². The molecular weight excluding hydrogens is 331 g/mol. The number of hydrogen-bond donors (Lipinski definition) is 0. The minimum atomic E-state index is -4.53. The van der Waals surface area contributed by atoms with Gasteiger partial charge in [-0.3, -0.25) is 0 Å². The summed E-state index contributed by atoms with van der Waals surface area (Å²) >= 11 is 5.84. The molecule has 0 N–H and O–H groups in total. The van der Waals surface area contributed by atoms with E-state index >= 15 is 0 Å². The Labute approximate surface area is 134 Å². The first-order valence-corrected chi connectivity index (χ1v) is 6.97. The zero-order valence-electron chi connectivity index (χ0n) is 11.9. The van der Waals surface area contributed by atoms with Gasteiger partial charge in [0.25, 0.3) is 0 Å². The molecule has 4 nitrogen and oxygen atoms in total. The number of methoxy groups -OCH3 is 1. The van der Waals surface area contributed by atoms with Crippen LogP contribution in [0.15, 0.2) is 36.8 Å². The third-order valence-corrected chi connectivity index (χ3v) is 3.71. The first kappa shape index (κ1) is 15.6. The summed E-state index contributed by atoms with van der Waals surface area (Å²) in [7, 11) is 1.54. The molecule has 3 aromatic rings. The number of fused-ring (bicyclic) bond motifs is 1. The third-order valence-electron chi connectivity index (χ3n) is 3.42. The minimum absolute atomic E-state index is 0.146. The van der Waals surface area contributed by atoms with Gasteiger partial charge in [0.15, 0.2) is 0 Å². The van der Waals surface area contributed by atoms with Crippen LogP contribution in [-0.4, -0.2) is 21.6 Å². The maximum absolute atomic E-state index is 13.2. The number of ether oxygens (including phenoxy) is 1. The first-order chi connectivity index (χ1) is 10.9. The molecule has 0 saturated heterocycles. The molecule has 0 radical (unpaired) electrons. The van der Waals surface area contributed by atoms with E-state index in [-0.39, 0.29) is 22.7 Å². The van der Waals surface area contributed by atoms with E-state index in [1.165, 1.54) is 4.57 Å². The number of benzene rings is 1. The molecule has 0 amide bonds. The second-order valence-corrected chi connectivity index (χ2v) is 5.24. The summed E-state index contributed by atoms with van der Waals surface area (Å²) in [6, 6.07) is 7.04. The van der Waals surface area contributed by atoms with Gasteiger partial charge in [-0.1, -0.05) is 23.7 Å². The van der Waals surface area contributed by atoms with Crippen molar-refractivity contribution in [1.82, 2.24) is 14.5 Å². The maximum Gasteiger partial charge on any atom is 0.418 e. The van der Waals surface area contributed by atoms with Crippen LogP contribution in [0.3, 0.4) is 0 Å². The number of nitrogens with zero attached hydrogens (tertiary/aromatic N) is 3. The summed E-state index contributed by atoms with van der Waals surface area (Å²) in [5.41, 5.74) is 0.117. The molecule has 0 atom stereocenters. The van der Waals surface area contributed by atoms with Crippen molar-refractivity contribution in [2.24, 2.45) is 0 Å². The Balaban J connectivity index is 2.08. The summed E-state index contributed by atoms with van der Waals surface area (Å²) < 4.78 is 46.1. The van der Waals surface area contributed by atoms with Crippen molar-refractivity contribution < 1.29 is 17.9 Å². The van der Waals surface area contributed by atoms with Crippen molar-refractivity contribution in [2.45, 2.75) is 12.7 Å². The highest BCUT2D eigenvalue weighted by molar-refractivity contribution is 6.34. The standard InChI is InChI=1S/C15H11ClF3N3O/c1-23-10-4-2-9(3-5-10)6-22-7-11(15(17,18)19)12-13(16)20-8-21-14(12)22/h2-5,7-8H,6H2,1H3. The van der Waals surface area contributed by atoms with Gasteiger partial charge in [-0.15, -0.1) is 0 Å². The quantitative estimate of drug-likeness (QED) is 0.672. The van der Waals surface area contributed by atoms with Crippen molar-refractivity contribution in [3.05, 3.63) is 53.1 Å². The summed E-state index contributed by atoms with van der Waals surface area (Å²) in [5, 5.41) is -0.397. The van der Waals surface area contributed by atoms with Crippen LogP contribution >= 0.6 is 11.6 Å². The lowest BCUT2D eigenvalue weighted by Gasteiger charge is -2.06. The molecule has 0 bridgehead atoms. The molecule has 0 spiro atoms. The molecule has 1 aromatic carbocycles. The average molecular weight is 342 g/mol. The third kappa shape index (κ3) is 2.96. The number of hydrogen-bond acceptors (Lipinski definition) is 3.